The lowest BCUT2D eigenvalue weighted by atomic mass is 9.80. The molecule has 0 bridgehead atoms. The zero-order valence-corrected chi connectivity index (χ0v) is 14.3. The first-order chi connectivity index (χ1) is 12.2. The Balaban J connectivity index is 1.54. The third-order valence-corrected chi connectivity index (χ3v) is 5.59. The van der Waals surface area contributed by atoms with Crippen LogP contribution < -0.4 is 4.74 Å². The molecule has 0 radical (unpaired) electrons. The summed E-state index contributed by atoms with van der Waals surface area (Å²) in [6.07, 6.45) is 2.99. The molecule has 134 valence electrons. The normalized spacial score (nSPS) is 30.8. The van der Waals surface area contributed by atoms with E-state index in [1.807, 2.05) is 24.3 Å². The van der Waals surface area contributed by atoms with E-state index in [0.29, 0.717) is 19.6 Å². The van der Waals surface area contributed by atoms with E-state index in [1.54, 1.807) is 5.06 Å². The molecule has 1 aromatic carbocycles. The summed E-state index contributed by atoms with van der Waals surface area (Å²) in [5.41, 5.74) is 1.00. The molecule has 1 aliphatic carbocycles. The molecule has 1 saturated carbocycles. The predicted octanol–water partition coefficient (Wildman–Crippen LogP) is 2.49. The van der Waals surface area contributed by atoms with Gasteiger partial charge in [-0.1, -0.05) is 24.6 Å². The van der Waals surface area contributed by atoms with Gasteiger partial charge in [0.05, 0.1) is 32.3 Å². The van der Waals surface area contributed by atoms with Crippen molar-refractivity contribution in [3.63, 3.8) is 0 Å². The molecule has 1 amide bonds. The van der Waals surface area contributed by atoms with Crippen LogP contribution in [-0.4, -0.2) is 37.3 Å². The summed E-state index contributed by atoms with van der Waals surface area (Å²) in [5.74, 6) is 0.369. The largest absolute Gasteiger partial charge is 0.493 e. The van der Waals surface area contributed by atoms with Gasteiger partial charge in [0.15, 0.2) is 0 Å². The molecule has 0 spiro atoms. The Bertz CT molecular complexity index is 676. The number of methoxy groups -OCH3 is 1. The predicted molar refractivity (Wildman–Crippen MR) is 88.4 cm³/mol. The number of esters is 1. The minimum Gasteiger partial charge on any atom is -0.493 e. The van der Waals surface area contributed by atoms with Gasteiger partial charge in [0, 0.05) is 17.4 Å². The van der Waals surface area contributed by atoms with Gasteiger partial charge in [-0.25, -0.2) is 5.06 Å². The first kappa shape index (κ1) is 16.4. The highest BCUT2D eigenvalue weighted by atomic mass is 16.7. The molecule has 1 saturated heterocycles. The van der Waals surface area contributed by atoms with Crippen LogP contribution in [0.3, 0.4) is 0 Å². The molecule has 4 atom stereocenters. The van der Waals surface area contributed by atoms with Gasteiger partial charge in [0.1, 0.15) is 5.75 Å². The maximum absolute atomic E-state index is 13.1. The molecule has 0 unspecified atom stereocenters. The van der Waals surface area contributed by atoms with Crippen LogP contribution in [0.25, 0.3) is 0 Å². The van der Waals surface area contributed by atoms with E-state index in [4.69, 9.17) is 14.3 Å². The van der Waals surface area contributed by atoms with Crippen LogP contribution in [0.4, 0.5) is 0 Å². The van der Waals surface area contributed by atoms with Crippen molar-refractivity contribution in [3.05, 3.63) is 29.8 Å². The fourth-order valence-electron chi connectivity index (χ4n) is 4.29. The highest BCUT2D eigenvalue weighted by molar-refractivity contribution is 5.80. The van der Waals surface area contributed by atoms with E-state index in [0.717, 1.165) is 30.6 Å². The molecular weight excluding hydrogens is 322 g/mol. The Morgan fingerprint density at radius 1 is 1.16 bits per heavy atom. The average molecular weight is 345 g/mol. The number of rotatable bonds is 2. The van der Waals surface area contributed by atoms with Gasteiger partial charge >= 0.3 is 5.97 Å². The van der Waals surface area contributed by atoms with E-state index in [2.05, 4.69) is 0 Å². The molecule has 2 heterocycles. The molecular formula is C19H23NO5. The Hall–Kier alpha value is -2.08. The number of hydrogen-bond donors (Lipinski definition) is 0. The maximum Gasteiger partial charge on any atom is 0.308 e. The Kier molecular flexibility index (Phi) is 4.37. The van der Waals surface area contributed by atoms with Crippen molar-refractivity contribution < 1.29 is 23.9 Å². The van der Waals surface area contributed by atoms with Crippen molar-refractivity contribution in [2.45, 2.75) is 31.7 Å². The lowest BCUT2D eigenvalue weighted by Crippen LogP contribution is -2.40. The average Bonchev–Trinajstić information content (AvgIpc) is 3.11. The summed E-state index contributed by atoms with van der Waals surface area (Å²) in [6, 6.07) is 7.72. The van der Waals surface area contributed by atoms with Gasteiger partial charge in [0.25, 0.3) is 0 Å². The van der Waals surface area contributed by atoms with Gasteiger partial charge < -0.3 is 9.47 Å². The van der Waals surface area contributed by atoms with Crippen molar-refractivity contribution in [3.8, 4) is 5.75 Å². The van der Waals surface area contributed by atoms with Gasteiger partial charge in [-0.2, -0.15) is 0 Å². The van der Waals surface area contributed by atoms with Gasteiger partial charge in [0.2, 0.25) is 5.91 Å². The minimum atomic E-state index is -0.214. The topological polar surface area (TPSA) is 65.1 Å². The summed E-state index contributed by atoms with van der Waals surface area (Å²) in [4.78, 5) is 30.8. The number of hydrogen-bond acceptors (Lipinski definition) is 5. The Morgan fingerprint density at radius 2 is 1.96 bits per heavy atom. The molecule has 6 heteroatoms. The molecule has 0 aromatic heterocycles. The summed E-state index contributed by atoms with van der Waals surface area (Å²) >= 11 is 0. The maximum atomic E-state index is 13.1. The fourth-order valence-corrected chi connectivity index (χ4v) is 4.29. The number of para-hydroxylation sites is 1. The minimum absolute atomic E-state index is 0.0159. The summed E-state index contributed by atoms with van der Waals surface area (Å²) in [6.45, 7) is 1.04. The SMILES string of the molecule is COC(=O)[C@@H]1CCC[C@H](C(=O)N2OC[C@H]3COc4ccccc4[C@H]32)C1. The number of benzene rings is 1. The molecule has 3 aliphatic rings. The Labute approximate surface area is 147 Å². The van der Waals surface area contributed by atoms with Crippen LogP contribution in [0, 0.1) is 17.8 Å². The van der Waals surface area contributed by atoms with Gasteiger partial charge in [-0.05, 0) is 25.3 Å². The second kappa shape index (κ2) is 6.67. The smallest absolute Gasteiger partial charge is 0.308 e. The van der Waals surface area contributed by atoms with E-state index in [1.165, 1.54) is 7.11 Å². The van der Waals surface area contributed by atoms with Crippen LogP contribution in [0.5, 0.6) is 5.75 Å². The monoisotopic (exact) mass is 345 g/mol. The first-order valence-corrected chi connectivity index (χ1v) is 8.94. The van der Waals surface area contributed by atoms with Crippen molar-refractivity contribution in [2.75, 3.05) is 20.3 Å². The quantitative estimate of drug-likeness (QED) is 0.771. The zero-order chi connectivity index (χ0) is 17.4. The third kappa shape index (κ3) is 2.88. The van der Waals surface area contributed by atoms with Crippen molar-refractivity contribution in [1.82, 2.24) is 5.06 Å². The van der Waals surface area contributed by atoms with Crippen LogP contribution in [0.15, 0.2) is 24.3 Å². The number of fused-ring (bicyclic) bond motifs is 3. The van der Waals surface area contributed by atoms with Crippen molar-refractivity contribution >= 4 is 11.9 Å². The second-order valence-corrected chi connectivity index (χ2v) is 7.10. The van der Waals surface area contributed by atoms with Crippen LogP contribution >= 0.6 is 0 Å². The fraction of sp³-hybridized carbons (Fsp3) is 0.579. The van der Waals surface area contributed by atoms with E-state index >= 15 is 0 Å². The number of nitrogens with zero attached hydrogens (tertiary/aromatic N) is 1. The molecule has 0 N–H and O–H groups in total. The van der Waals surface area contributed by atoms with Crippen molar-refractivity contribution in [2.24, 2.45) is 17.8 Å². The Morgan fingerprint density at radius 3 is 2.80 bits per heavy atom. The second-order valence-electron chi connectivity index (χ2n) is 7.10. The van der Waals surface area contributed by atoms with Crippen LogP contribution in [0.2, 0.25) is 0 Å². The molecule has 4 rings (SSSR count). The lowest BCUT2D eigenvalue weighted by Gasteiger charge is -2.34. The highest BCUT2D eigenvalue weighted by Crippen LogP contribution is 2.44. The standard InChI is InChI=1S/C19H23NO5/c1-23-19(22)13-6-4-5-12(9-13)18(21)20-17-14(11-25-20)10-24-16-8-3-2-7-15(16)17/h2-3,7-8,12-14,17H,4-6,9-11H2,1H3/t12-,13+,14+,17-/m0/s1. The number of amides is 1. The van der Waals surface area contributed by atoms with Crippen molar-refractivity contribution in [1.29, 1.82) is 0 Å². The summed E-state index contributed by atoms with van der Waals surface area (Å²) in [7, 11) is 1.40. The van der Waals surface area contributed by atoms with Gasteiger partial charge in [-0.15, -0.1) is 0 Å². The number of ether oxygens (including phenoxy) is 2. The van der Waals surface area contributed by atoms with Crippen LogP contribution in [-0.2, 0) is 19.2 Å². The molecule has 6 nitrogen and oxygen atoms in total. The van der Waals surface area contributed by atoms with Gasteiger partial charge in [-0.3, -0.25) is 14.4 Å². The zero-order valence-electron chi connectivity index (χ0n) is 14.3. The van der Waals surface area contributed by atoms with E-state index < -0.39 is 0 Å². The van der Waals surface area contributed by atoms with E-state index in [-0.39, 0.29) is 35.7 Å². The molecule has 2 aliphatic heterocycles. The number of carbonyl (C=O) groups is 2. The molecule has 1 aromatic rings. The number of carbonyl (C=O) groups excluding carboxylic acids is 2. The molecule has 2 fully saturated rings. The summed E-state index contributed by atoms with van der Waals surface area (Å²) < 4.78 is 10.7. The third-order valence-electron chi connectivity index (χ3n) is 5.59. The first-order valence-electron chi connectivity index (χ1n) is 8.94. The highest BCUT2D eigenvalue weighted by Gasteiger charge is 2.46. The van der Waals surface area contributed by atoms with Crippen LogP contribution in [0.1, 0.15) is 37.3 Å². The van der Waals surface area contributed by atoms with E-state index in [9.17, 15) is 9.59 Å². The number of hydroxylamine groups is 2. The molecule has 25 heavy (non-hydrogen) atoms. The lowest BCUT2D eigenvalue weighted by molar-refractivity contribution is -0.184. The summed E-state index contributed by atoms with van der Waals surface area (Å²) in [5, 5.41) is 1.55.